The molecule has 0 aliphatic carbocycles. The molecule has 0 radical (unpaired) electrons. The molecular weight excluding hydrogens is 287 g/mol. The van der Waals surface area contributed by atoms with Crippen LogP contribution >= 0.6 is 12.2 Å². The Hall–Kier alpha value is -2.15. The normalized spacial score (nSPS) is 11.2. The number of thiocarbonyl (C=S) groups is 1. The second-order valence-electron chi connectivity index (χ2n) is 4.00. The van der Waals surface area contributed by atoms with Crippen LogP contribution in [0.3, 0.4) is 0 Å². The summed E-state index contributed by atoms with van der Waals surface area (Å²) in [4.78, 5) is 4.16. The molecule has 1 aromatic heterocycles. The van der Waals surface area contributed by atoms with E-state index in [-0.39, 0.29) is 4.99 Å². The summed E-state index contributed by atoms with van der Waals surface area (Å²) in [6, 6.07) is 8.15. The number of benzene rings is 1. The SMILES string of the molecule is NC(=S)c1ccc(Nc2cccc(C(F)(F)F)c2)cn1. The molecule has 2 rings (SSSR count). The maximum Gasteiger partial charge on any atom is 0.416 e. The smallest absolute Gasteiger partial charge is 0.388 e. The van der Waals surface area contributed by atoms with Gasteiger partial charge in [-0.2, -0.15) is 13.2 Å². The van der Waals surface area contributed by atoms with Gasteiger partial charge in [-0.1, -0.05) is 18.3 Å². The Kier molecular flexibility index (Phi) is 3.89. The summed E-state index contributed by atoms with van der Waals surface area (Å²) in [5, 5.41) is 2.84. The van der Waals surface area contributed by atoms with Gasteiger partial charge in [-0.15, -0.1) is 0 Å². The molecule has 3 nitrogen and oxygen atoms in total. The third-order valence-corrected chi connectivity index (χ3v) is 2.70. The first-order valence-electron chi connectivity index (χ1n) is 5.56. The lowest BCUT2D eigenvalue weighted by atomic mass is 10.2. The van der Waals surface area contributed by atoms with Crippen molar-refractivity contribution in [2.24, 2.45) is 5.73 Å². The van der Waals surface area contributed by atoms with Crippen LogP contribution in [0.5, 0.6) is 0 Å². The number of alkyl halides is 3. The third kappa shape index (κ3) is 3.45. The monoisotopic (exact) mass is 297 g/mol. The molecular formula is C13H10F3N3S. The van der Waals surface area contributed by atoms with Crippen molar-refractivity contribution in [3.05, 3.63) is 53.9 Å². The Morgan fingerprint density at radius 2 is 1.90 bits per heavy atom. The van der Waals surface area contributed by atoms with E-state index in [1.807, 2.05) is 0 Å². The predicted molar refractivity (Wildman–Crippen MR) is 74.9 cm³/mol. The minimum Gasteiger partial charge on any atom is -0.388 e. The van der Waals surface area contributed by atoms with E-state index < -0.39 is 11.7 Å². The van der Waals surface area contributed by atoms with Gasteiger partial charge in [-0.25, -0.2) is 0 Å². The largest absolute Gasteiger partial charge is 0.416 e. The first-order valence-corrected chi connectivity index (χ1v) is 5.97. The molecule has 0 spiro atoms. The van der Waals surface area contributed by atoms with Crippen molar-refractivity contribution in [2.45, 2.75) is 6.18 Å². The highest BCUT2D eigenvalue weighted by molar-refractivity contribution is 7.80. The van der Waals surface area contributed by atoms with Gasteiger partial charge in [-0.3, -0.25) is 4.98 Å². The maximum atomic E-state index is 12.6. The number of aromatic nitrogens is 1. The highest BCUT2D eigenvalue weighted by Crippen LogP contribution is 2.31. The zero-order valence-electron chi connectivity index (χ0n) is 10.1. The van der Waals surface area contributed by atoms with Crippen molar-refractivity contribution < 1.29 is 13.2 Å². The second kappa shape index (κ2) is 5.46. The summed E-state index contributed by atoms with van der Waals surface area (Å²) in [6.07, 6.45) is -2.92. The fraction of sp³-hybridized carbons (Fsp3) is 0.0769. The Balaban J connectivity index is 2.20. The van der Waals surface area contributed by atoms with E-state index >= 15 is 0 Å². The molecule has 0 amide bonds. The Bertz CT molecular complexity index is 624. The zero-order chi connectivity index (χ0) is 14.8. The van der Waals surface area contributed by atoms with E-state index in [0.29, 0.717) is 17.1 Å². The Morgan fingerprint density at radius 3 is 2.45 bits per heavy atom. The minimum atomic E-state index is -4.37. The number of nitrogens with zero attached hydrogens (tertiary/aromatic N) is 1. The van der Waals surface area contributed by atoms with E-state index in [4.69, 9.17) is 18.0 Å². The van der Waals surface area contributed by atoms with Crippen LogP contribution in [0.15, 0.2) is 42.6 Å². The molecule has 0 unspecified atom stereocenters. The summed E-state index contributed by atoms with van der Waals surface area (Å²) in [6.45, 7) is 0. The second-order valence-corrected chi connectivity index (χ2v) is 4.44. The summed E-state index contributed by atoms with van der Waals surface area (Å²) in [7, 11) is 0. The zero-order valence-corrected chi connectivity index (χ0v) is 10.9. The number of anilines is 2. The molecule has 0 atom stereocenters. The van der Waals surface area contributed by atoms with Gasteiger partial charge in [-0.05, 0) is 30.3 Å². The molecule has 20 heavy (non-hydrogen) atoms. The van der Waals surface area contributed by atoms with Gasteiger partial charge in [0.15, 0.2) is 0 Å². The van der Waals surface area contributed by atoms with Crippen molar-refractivity contribution in [2.75, 3.05) is 5.32 Å². The molecule has 2 aromatic rings. The van der Waals surface area contributed by atoms with Crippen molar-refractivity contribution in [3.8, 4) is 0 Å². The molecule has 0 aliphatic heterocycles. The average molecular weight is 297 g/mol. The summed E-state index contributed by atoms with van der Waals surface area (Å²) >= 11 is 4.76. The molecule has 0 saturated heterocycles. The van der Waals surface area contributed by atoms with Gasteiger partial charge in [0.1, 0.15) is 4.99 Å². The van der Waals surface area contributed by atoms with E-state index in [2.05, 4.69) is 10.3 Å². The van der Waals surface area contributed by atoms with Crippen LogP contribution in [0.2, 0.25) is 0 Å². The standard InChI is InChI=1S/C13H10F3N3S/c14-13(15,16)8-2-1-3-9(6-8)19-10-4-5-11(12(17)20)18-7-10/h1-7,19H,(H2,17,20). The highest BCUT2D eigenvalue weighted by Gasteiger charge is 2.30. The van der Waals surface area contributed by atoms with Gasteiger partial charge < -0.3 is 11.1 Å². The molecule has 0 aliphatic rings. The molecule has 3 N–H and O–H groups in total. The highest BCUT2D eigenvalue weighted by atomic mass is 32.1. The van der Waals surface area contributed by atoms with Crippen LogP contribution < -0.4 is 11.1 Å². The van der Waals surface area contributed by atoms with Crippen LogP contribution in [-0.4, -0.2) is 9.97 Å². The van der Waals surface area contributed by atoms with Crippen molar-refractivity contribution in [1.29, 1.82) is 0 Å². The maximum absolute atomic E-state index is 12.6. The lowest BCUT2D eigenvalue weighted by molar-refractivity contribution is -0.137. The number of rotatable bonds is 3. The number of nitrogens with one attached hydrogen (secondary N) is 1. The quantitative estimate of drug-likeness (QED) is 0.852. The van der Waals surface area contributed by atoms with Crippen LogP contribution in [0.1, 0.15) is 11.3 Å². The third-order valence-electron chi connectivity index (χ3n) is 2.49. The summed E-state index contributed by atoms with van der Waals surface area (Å²) in [5.74, 6) is 0. The Labute approximate surface area is 118 Å². The molecule has 104 valence electrons. The van der Waals surface area contributed by atoms with Crippen LogP contribution in [0.25, 0.3) is 0 Å². The topological polar surface area (TPSA) is 50.9 Å². The van der Waals surface area contributed by atoms with Crippen molar-refractivity contribution >= 4 is 28.6 Å². The van der Waals surface area contributed by atoms with Gasteiger partial charge in [0.2, 0.25) is 0 Å². The number of nitrogens with two attached hydrogens (primary N) is 1. The molecule has 7 heteroatoms. The molecule has 1 heterocycles. The van der Waals surface area contributed by atoms with Crippen LogP contribution in [0, 0.1) is 0 Å². The molecule has 0 saturated carbocycles. The number of hydrogen-bond donors (Lipinski definition) is 2. The van der Waals surface area contributed by atoms with Gasteiger partial charge in [0, 0.05) is 5.69 Å². The van der Waals surface area contributed by atoms with Gasteiger partial charge in [0.25, 0.3) is 0 Å². The molecule has 0 fully saturated rings. The number of hydrogen-bond acceptors (Lipinski definition) is 3. The van der Waals surface area contributed by atoms with Crippen molar-refractivity contribution in [3.63, 3.8) is 0 Å². The first kappa shape index (κ1) is 14.3. The summed E-state index contributed by atoms with van der Waals surface area (Å²) in [5.41, 5.74) is 6.02. The van der Waals surface area contributed by atoms with Gasteiger partial charge in [0.05, 0.1) is 23.1 Å². The first-order chi connectivity index (χ1) is 9.36. The number of halogens is 3. The van der Waals surface area contributed by atoms with Crippen LogP contribution in [-0.2, 0) is 6.18 Å². The Morgan fingerprint density at radius 1 is 1.15 bits per heavy atom. The lowest BCUT2D eigenvalue weighted by Gasteiger charge is -2.10. The summed E-state index contributed by atoms with van der Waals surface area (Å²) < 4.78 is 37.7. The average Bonchev–Trinajstić information content (AvgIpc) is 2.38. The van der Waals surface area contributed by atoms with E-state index in [1.54, 1.807) is 12.1 Å². The number of pyridine rings is 1. The van der Waals surface area contributed by atoms with E-state index in [1.165, 1.54) is 18.3 Å². The fourth-order valence-electron chi connectivity index (χ4n) is 1.55. The van der Waals surface area contributed by atoms with E-state index in [9.17, 15) is 13.2 Å². The molecule has 0 bridgehead atoms. The predicted octanol–water partition coefficient (Wildman–Crippen LogP) is 3.48. The van der Waals surface area contributed by atoms with Crippen molar-refractivity contribution in [1.82, 2.24) is 4.98 Å². The minimum absolute atomic E-state index is 0.163. The lowest BCUT2D eigenvalue weighted by Crippen LogP contribution is -2.11. The van der Waals surface area contributed by atoms with Gasteiger partial charge >= 0.3 is 6.18 Å². The fourth-order valence-corrected chi connectivity index (χ4v) is 1.67. The van der Waals surface area contributed by atoms with E-state index in [0.717, 1.165) is 12.1 Å². The molecule has 1 aromatic carbocycles. The van der Waals surface area contributed by atoms with Crippen LogP contribution in [0.4, 0.5) is 24.5 Å².